The fourth-order valence-electron chi connectivity index (χ4n) is 3.94. The highest BCUT2D eigenvalue weighted by Gasteiger charge is 2.36. The molecule has 2 fully saturated rings. The molecule has 1 aromatic heterocycles. The average molecular weight is 545 g/mol. The third-order valence-corrected chi connectivity index (χ3v) is 8.62. The van der Waals surface area contributed by atoms with E-state index in [1.807, 2.05) is 11.8 Å². The smallest absolute Gasteiger partial charge is 0.271 e. The number of anilines is 1. The Labute approximate surface area is 204 Å². The second kappa shape index (κ2) is 10.4. The second-order valence-electron chi connectivity index (χ2n) is 8.50. The summed E-state index contributed by atoms with van der Waals surface area (Å²) in [7, 11) is 0. The van der Waals surface area contributed by atoms with Crippen LogP contribution in [-0.4, -0.2) is 59.9 Å². The number of halogens is 2. The summed E-state index contributed by atoms with van der Waals surface area (Å²) in [4.78, 5) is 17.6. The Balaban J connectivity index is 1.42. The molecular formula is C22H27BrFN3O3S2. The maximum absolute atomic E-state index is 13.5. The first-order valence-electron chi connectivity index (χ1n) is 10.6. The highest BCUT2D eigenvalue weighted by molar-refractivity contribution is 9.10. The van der Waals surface area contributed by atoms with Crippen molar-refractivity contribution in [3.63, 3.8) is 0 Å². The van der Waals surface area contributed by atoms with E-state index in [0.29, 0.717) is 54.3 Å². The van der Waals surface area contributed by atoms with Crippen molar-refractivity contribution in [1.29, 1.82) is 0 Å². The molecule has 10 heteroatoms. The molecule has 2 N–H and O–H groups in total. The largest absolute Gasteiger partial charge is 0.381 e. The van der Waals surface area contributed by atoms with E-state index >= 15 is 0 Å². The van der Waals surface area contributed by atoms with Crippen molar-refractivity contribution >= 4 is 50.1 Å². The Morgan fingerprint density at radius 2 is 2.12 bits per heavy atom. The first-order valence-corrected chi connectivity index (χ1v) is 13.4. The Hall–Kier alpha value is -1.20. The van der Waals surface area contributed by atoms with Crippen LogP contribution < -0.4 is 10.6 Å². The molecule has 1 unspecified atom stereocenters. The van der Waals surface area contributed by atoms with Crippen molar-refractivity contribution in [3.05, 3.63) is 45.1 Å². The molecule has 2 aliphatic heterocycles. The summed E-state index contributed by atoms with van der Waals surface area (Å²) in [6.45, 7) is 4.63. The minimum absolute atomic E-state index is 0.204. The molecular weight excluding hydrogens is 517 g/mol. The predicted molar refractivity (Wildman–Crippen MR) is 130 cm³/mol. The van der Waals surface area contributed by atoms with E-state index in [-0.39, 0.29) is 17.3 Å². The number of carbonyl (C=O) groups is 1. The summed E-state index contributed by atoms with van der Waals surface area (Å²) in [6, 6.07) is 4.67. The zero-order valence-electron chi connectivity index (χ0n) is 17.9. The summed E-state index contributed by atoms with van der Waals surface area (Å²) in [6.07, 6.45) is 1.96. The van der Waals surface area contributed by atoms with Crippen molar-refractivity contribution in [2.75, 3.05) is 43.2 Å². The number of thioether (sulfide) groups is 1. The highest BCUT2D eigenvalue weighted by Crippen LogP contribution is 2.30. The molecule has 3 heterocycles. The normalized spacial score (nSPS) is 23.0. The third-order valence-electron chi connectivity index (χ3n) is 5.81. The van der Waals surface area contributed by atoms with Gasteiger partial charge in [-0.1, -0.05) is 22.0 Å². The zero-order valence-corrected chi connectivity index (χ0v) is 21.1. The van der Waals surface area contributed by atoms with Gasteiger partial charge in [-0.3, -0.25) is 4.79 Å². The summed E-state index contributed by atoms with van der Waals surface area (Å²) >= 11 is 6.76. The van der Waals surface area contributed by atoms with Gasteiger partial charge in [0.1, 0.15) is 11.5 Å². The Morgan fingerprint density at radius 1 is 1.31 bits per heavy atom. The van der Waals surface area contributed by atoms with Gasteiger partial charge in [0.2, 0.25) is 0 Å². The van der Waals surface area contributed by atoms with Gasteiger partial charge in [0, 0.05) is 46.7 Å². The summed E-state index contributed by atoms with van der Waals surface area (Å²) in [5.74, 6) is 1.46. The molecule has 2 saturated heterocycles. The van der Waals surface area contributed by atoms with Gasteiger partial charge in [-0.2, -0.15) is 11.8 Å². The molecule has 1 aromatic carbocycles. The van der Waals surface area contributed by atoms with Gasteiger partial charge in [-0.05, 0) is 43.9 Å². The number of carbonyl (C=O) groups excluding carboxylic acids is 1. The van der Waals surface area contributed by atoms with E-state index in [9.17, 15) is 9.18 Å². The van der Waals surface area contributed by atoms with E-state index in [0.717, 1.165) is 23.7 Å². The minimum Gasteiger partial charge on any atom is -0.381 e. The van der Waals surface area contributed by atoms with Gasteiger partial charge >= 0.3 is 0 Å². The average Bonchev–Trinajstić information content (AvgIpc) is 3.25. The second-order valence-corrected chi connectivity index (χ2v) is 11.3. The van der Waals surface area contributed by atoms with Crippen molar-refractivity contribution in [2.45, 2.75) is 37.3 Å². The van der Waals surface area contributed by atoms with Crippen LogP contribution in [0.2, 0.25) is 0 Å². The lowest BCUT2D eigenvalue weighted by Crippen LogP contribution is -2.53. The molecule has 6 nitrogen and oxygen atoms in total. The van der Waals surface area contributed by atoms with E-state index < -0.39 is 5.54 Å². The topological polar surface area (TPSA) is 72.5 Å². The van der Waals surface area contributed by atoms with Crippen molar-refractivity contribution < 1.29 is 18.7 Å². The van der Waals surface area contributed by atoms with E-state index in [4.69, 9.17) is 9.47 Å². The van der Waals surface area contributed by atoms with Crippen LogP contribution in [0.4, 0.5) is 9.52 Å². The number of amides is 1. The zero-order chi connectivity index (χ0) is 22.6. The minimum atomic E-state index is -0.465. The Bertz CT molecular complexity index is 946. The van der Waals surface area contributed by atoms with Crippen molar-refractivity contribution in [2.24, 2.45) is 0 Å². The monoisotopic (exact) mass is 543 g/mol. The first kappa shape index (κ1) is 23.9. The SMILES string of the molecule is CC1(CNc2nc(C(=O)NC3(Cc4ccc(F)cc4Br)CCOCC3)cs2)CSCCO1. The van der Waals surface area contributed by atoms with Crippen LogP contribution in [0.15, 0.2) is 28.1 Å². The molecule has 174 valence electrons. The molecule has 2 aromatic rings. The number of rotatable bonds is 7. The predicted octanol–water partition coefficient (Wildman–Crippen LogP) is 4.50. The summed E-state index contributed by atoms with van der Waals surface area (Å²) in [5.41, 5.74) is 0.651. The van der Waals surface area contributed by atoms with E-state index in [1.54, 1.807) is 11.4 Å². The van der Waals surface area contributed by atoms with Gasteiger partial charge < -0.3 is 20.1 Å². The standard InChI is InChI=1S/C22H27BrFN3O3S2/c1-21(14-31-9-8-30-21)13-25-20-26-18(12-32-20)19(28)27-22(4-6-29-7-5-22)11-15-2-3-16(24)10-17(15)23/h2-3,10,12H,4-9,11,13-14H2,1H3,(H,25,26)(H,27,28). The number of nitrogens with zero attached hydrogens (tertiary/aromatic N) is 1. The van der Waals surface area contributed by atoms with Gasteiger partial charge in [-0.25, -0.2) is 9.37 Å². The summed E-state index contributed by atoms with van der Waals surface area (Å²) in [5, 5.41) is 9.02. The lowest BCUT2D eigenvalue weighted by atomic mass is 9.83. The number of aromatic nitrogens is 1. The Kier molecular flexibility index (Phi) is 7.77. The maximum atomic E-state index is 13.5. The maximum Gasteiger partial charge on any atom is 0.271 e. The van der Waals surface area contributed by atoms with Crippen LogP contribution in [0.25, 0.3) is 0 Å². The van der Waals surface area contributed by atoms with E-state index in [1.165, 1.54) is 23.5 Å². The van der Waals surface area contributed by atoms with Gasteiger partial charge in [0.25, 0.3) is 5.91 Å². The van der Waals surface area contributed by atoms with Crippen molar-refractivity contribution in [1.82, 2.24) is 10.3 Å². The van der Waals surface area contributed by atoms with E-state index in [2.05, 4.69) is 38.5 Å². The molecule has 0 aliphatic carbocycles. The fourth-order valence-corrected chi connectivity index (χ4v) is 6.09. The lowest BCUT2D eigenvalue weighted by Gasteiger charge is -2.38. The number of benzene rings is 1. The van der Waals surface area contributed by atoms with Crippen LogP contribution in [0, 0.1) is 5.82 Å². The molecule has 0 bridgehead atoms. The number of ether oxygens (including phenoxy) is 2. The van der Waals surface area contributed by atoms with Crippen LogP contribution in [0.1, 0.15) is 35.8 Å². The van der Waals surface area contributed by atoms with Gasteiger partial charge in [-0.15, -0.1) is 11.3 Å². The fraction of sp³-hybridized carbons (Fsp3) is 0.545. The van der Waals surface area contributed by atoms with Gasteiger partial charge in [0.05, 0.1) is 12.2 Å². The number of hydrogen-bond acceptors (Lipinski definition) is 7. The number of hydrogen-bond donors (Lipinski definition) is 2. The summed E-state index contributed by atoms with van der Waals surface area (Å²) < 4.78 is 25.7. The molecule has 2 aliphatic rings. The molecule has 0 radical (unpaired) electrons. The molecule has 32 heavy (non-hydrogen) atoms. The van der Waals surface area contributed by atoms with Crippen LogP contribution in [0.5, 0.6) is 0 Å². The lowest BCUT2D eigenvalue weighted by molar-refractivity contribution is 0.000519. The molecule has 4 rings (SSSR count). The van der Waals surface area contributed by atoms with Crippen molar-refractivity contribution in [3.8, 4) is 0 Å². The molecule has 0 spiro atoms. The van der Waals surface area contributed by atoms with Crippen LogP contribution in [0.3, 0.4) is 0 Å². The number of thiazole rings is 1. The molecule has 1 amide bonds. The Morgan fingerprint density at radius 3 is 2.84 bits per heavy atom. The molecule has 0 saturated carbocycles. The van der Waals surface area contributed by atoms with Crippen LogP contribution >= 0.6 is 39.0 Å². The molecule has 1 atom stereocenters. The quantitative estimate of drug-likeness (QED) is 0.535. The van der Waals surface area contributed by atoms with Crippen LogP contribution in [-0.2, 0) is 15.9 Å². The highest BCUT2D eigenvalue weighted by atomic mass is 79.9. The first-order chi connectivity index (χ1) is 15.4. The third kappa shape index (κ3) is 6.02. The number of nitrogens with one attached hydrogen (secondary N) is 2. The van der Waals surface area contributed by atoms with Gasteiger partial charge in [0.15, 0.2) is 5.13 Å².